The highest BCUT2D eigenvalue weighted by Crippen LogP contribution is 2.20. The Balaban J connectivity index is 4.29. The van der Waals surface area contributed by atoms with E-state index in [4.69, 9.17) is 11.5 Å². The Kier molecular flexibility index (Phi) is 5.65. The second kappa shape index (κ2) is 5.93. The number of rotatable bonds is 4. The van der Waals surface area contributed by atoms with E-state index in [9.17, 15) is 9.59 Å². The van der Waals surface area contributed by atoms with E-state index in [0.29, 0.717) is 15.4 Å². The molecule has 0 bridgehead atoms. The maximum atomic E-state index is 10.4. The average molecular weight is 312 g/mol. The van der Waals surface area contributed by atoms with Crippen LogP contribution in [-0.4, -0.2) is 11.8 Å². The van der Waals surface area contributed by atoms with E-state index in [1.165, 1.54) is 12.2 Å². The maximum Gasteiger partial charge on any atom is 0.242 e. The van der Waals surface area contributed by atoms with Crippen molar-refractivity contribution in [1.82, 2.24) is 0 Å². The van der Waals surface area contributed by atoms with Crippen LogP contribution < -0.4 is 11.5 Å². The first kappa shape index (κ1) is 12.4. The standard InChI is InChI=1S/C7H8Br2N2O2/c8-4(2-6(10)12)1-5(9)3-7(11)13/h2-3H,1H2,(H2,10,12)(H2,11,13). The number of nitrogens with two attached hydrogens (primary N) is 2. The van der Waals surface area contributed by atoms with Crippen molar-refractivity contribution in [3.63, 3.8) is 0 Å². The van der Waals surface area contributed by atoms with Gasteiger partial charge in [-0.05, 0) is 0 Å². The molecule has 0 aromatic rings. The highest BCUT2D eigenvalue weighted by atomic mass is 79.9. The minimum absolute atomic E-state index is 0.367. The maximum absolute atomic E-state index is 10.4. The monoisotopic (exact) mass is 310 g/mol. The number of allylic oxidation sites excluding steroid dienone is 2. The molecule has 0 aliphatic heterocycles. The first-order valence-electron chi connectivity index (χ1n) is 3.23. The minimum Gasteiger partial charge on any atom is -0.366 e. The van der Waals surface area contributed by atoms with Gasteiger partial charge in [0.1, 0.15) is 0 Å². The molecule has 0 unspecified atom stereocenters. The number of amides is 2. The first-order valence-corrected chi connectivity index (χ1v) is 4.81. The van der Waals surface area contributed by atoms with E-state index >= 15 is 0 Å². The minimum atomic E-state index is -0.550. The first-order chi connectivity index (χ1) is 5.91. The van der Waals surface area contributed by atoms with Gasteiger partial charge in [0.05, 0.1) is 0 Å². The van der Waals surface area contributed by atoms with Crippen molar-refractivity contribution in [2.75, 3.05) is 0 Å². The molecule has 6 heteroatoms. The summed E-state index contributed by atoms with van der Waals surface area (Å²) in [6.07, 6.45) is 2.80. The van der Waals surface area contributed by atoms with Crippen LogP contribution in [0.4, 0.5) is 0 Å². The van der Waals surface area contributed by atoms with Gasteiger partial charge >= 0.3 is 0 Å². The number of hydrogen-bond acceptors (Lipinski definition) is 2. The van der Waals surface area contributed by atoms with Crippen LogP contribution in [0.1, 0.15) is 6.42 Å². The molecule has 0 aliphatic carbocycles. The largest absolute Gasteiger partial charge is 0.366 e. The lowest BCUT2D eigenvalue weighted by Crippen LogP contribution is -2.07. The summed E-state index contributed by atoms with van der Waals surface area (Å²) < 4.78 is 1.15. The fourth-order valence-electron chi connectivity index (χ4n) is 0.572. The molecule has 0 saturated carbocycles. The molecule has 4 N–H and O–H groups in total. The smallest absolute Gasteiger partial charge is 0.242 e. The molecule has 13 heavy (non-hydrogen) atoms. The molecule has 0 saturated heterocycles. The summed E-state index contributed by atoms with van der Waals surface area (Å²) >= 11 is 6.21. The molecule has 0 aromatic heterocycles. The number of carbonyl (C=O) groups excluding carboxylic acids is 2. The summed E-state index contributed by atoms with van der Waals surface area (Å²) in [4.78, 5) is 20.8. The van der Waals surface area contributed by atoms with E-state index < -0.39 is 11.8 Å². The normalized spacial score (nSPS) is 12.8. The van der Waals surface area contributed by atoms with Crippen LogP contribution in [0.3, 0.4) is 0 Å². The van der Waals surface area contributed by atoms with Crippen molar-refractivity contribution in [2.45, 2.75) is 6.42 Å². The van der Waals surface area contributed by atoms with E-state index in [0.717, 1.165) is 0 Å². The van der Waals surface area contributed by atoms with E-state index in [-0.39, 0.29) is 0 Å². The molecule has 72 valence electrons. The number of carbonyl (C=O) groups is 2. The zero-order chi connectivity index (χ0) is 10.4. The summed E-state index contributed by atoms with van der Waals surface area (Å²) in [5, 5.41) is 0. The second-order valence-electron chi connectivity index (χ2n) is 2.16. The topological polar surface area (TPSA) is 86.2 Å². The molecule has 0 rings (SSSR count). The summed E-state index contributed by atoms with van der Waals surface area (Å²) in [6, 6.07) is 0. The van der Waals surface area contributed by atoms with Gasteiger partial charge in [0.25, 0.3) is 0 Å². The third-order valence-corrected chi connectivity index (χ3v) is 1.95. The Morgan fingerprint density at radius 1 is 1.00 bits per heavy atom. The van der Waals surface area contributed by atoms with Gasteiger partial charge in [0.2, 0.25) is 11.8 Å². The fourth-order valence-corrected chi connectivity index (χ4v) is 2.00. The highest BCUT2D eigenvalue weighted by Gasteiger charge is 1.99. The van der Waals surface area contributed by atoms with Gasteiger partial charge in [-0.25, -0.2) is 0 Å². The highest BCUT2D eigenvalue weighted by molar-refractivity contribution is 9.12. The fraction of sp³-hybridized carbons (Fsp3) is 0.143. The Hall–Kier alpha value is -0.620. The van der Waals surface area contributed by atoms with Crippen LogP contribution in [0.15, 0.2) is 21.1 Å². The molecule has 0 radical (unpaired) electrons. The van der Waals surface area contributed by atoms with Crippen molar-refractivity contribution in [2.24, 2.45) is 11.5 Å². The Morgan fingerprint density at radius 2 is 1.31 bits per heavy atom. The van der Waals surface area contributed by atoms with Crippen molar-refractivity contribution < 1.29 is 9.59 Å². The van der Waals surface area contributed by atoms with Crippen molar-refractivity contribution >= 4 is 43.7 Å². The third-order valence-electron chi connectivity index (χ3n) is 0.936. The summed E-state index contributed by atoms with van der Waals surface area (Å²) in [5.41, 5.74) is 9.80. The zero-order valence-electron chi connectivity index (χ0n) is 6.59. The van der Waals surface area contributed by atoms with Crippen molar-refractivity contribution in [1.29, 1.82) is 0 Å². The van der Waals surface area contributed by atoms with Crippen LogP contribution in [0.2, 0.25) is 0 Å². The third kappa shape index (κ3) is 7.73. The Bertz CT molecular complexity index is 256. The Morgan fingerprint density at radius 3 is 1.54 bits per heavy atom. The molecule has 0 heterocycles. The molecule has 2 amide bonds. The molecule has 0 spiro atoms. The van der Waals surface area contributed by atoms with Gasteiger partial charge in [-0.1, -0.05) is 31.9 Å². The predicted molar refractivity (Wildman–Crippen MR) is 57.0 cm³/mol. The van der Waals surface area contributed by atoms with E-state index in [1.54, 1.807) is 0 Å². The molecule has 0 aliphatic rings. The SMILES string of the molecule is NC(=O)C=C(Br)CC(Br)=CC(N)=O. The number of halogens is 2. The lowest BCUT2D eigenvalue weighted by atomic mass is 10.3. The molecular formula is C7H8Br2N2O2. The van der Waals surface area contributed by atoms with Gasteiger partial charge in [0.15, 0.2) is 0 Å². The molecule has 0 fully saturated rings. The van der Waals surface area contributed by atoms with Gasteiger partial charge < -0.3 is 11.5 Å². The van der Waals surface area contributed by atoms with Crippen LogP contribution in [-0.2, 0) is 9.59 Å². The quantitative estimate of drug-likeness (QED) is 0.756. The molecular weight excluding hydrogens is 304 g/mol. The lowest BCUT2D eigenvalue weighted by molar-refractivity contribution is -0.114. The number of hydrogen-bond donors (Lipinski definition) is 2. The van der Waals surface area contributed by atoms with Gasteiger partial charge in [-0.15, -0.1) is 0 Å². The van der Waals surface area contributed by atoms with Crippen molar-refractivity contribution in [3.05, 3.63) is 21.1 Å². The van der Waals surface area contributed by atoms with Gasteiger partial charge in [-0.2, -0.15) is 0 Å². The van der Waals surface area contributed by atoms with Crippen molar-refractivity contribution in [3.8, 4) is 0 Å². The van der Waals surface area contributed by atoms with Crippen LogP contribution >= 0.6 is 31.9 Å². The van der Waals surface area contributed by atoms with E-state index in [1.807, 2.05) is 0 Å². The molecule has 0 atom stereocenters. The van der Waals surface area contributed by atoms with Crippen LogP contribution in [0.25, 0.3) is 0 Å². The summed E-state index contributed by atoms with van der Waals surface area (Å²) in [6.45, 7) is 0. The summed E-state index contributed by atoms with van der Waals surface area (Å²) in [7, 11) is 0. The van der Waals surface area contributed by atoms with Gasteiger partial charge in [0, 0.05) is 27.5 Å². The zero-order valence-corrected chi connectivity index (χ0v) is 9.76. The molecule has 0 aromatic carbocycles. The average Bonchev–Trinajstić information content (AvgIpc) is 1.80. The second-order valence-corrected chi connectivity index (χ2v) is 4.20. The predicted octanol–water partition coefficient (Wildman–Crippen LogP) is 0.905. The number of primary amides is 2. The lowest BCUT2D eigenvalue weighted by Gasteiger charge is -1.96. The van der Waals surface area contributed by atoms with Gasteiger partial charge in [-0.3, -0.25) is 9.59 Å². The van der Waals surface area contributed by atoms with Crippen LogP contribution in [0.5, 0.6) is 0 Å². The Labute approximate surface area is 92.3 Å². The van der Waals surface area contributed by atoms with E-state index in [2.05, 4.69) is 31.9 Å². The van der Waals surface area contributed by atoms with Crippen LogP contribution in [0, 0.1) is 0 Å². The molecule has 4 nitrogen and oxygen atoms in total. The summed E-state index contributed by atoms with van der Waals surface area (Å²) in [5.74, 6) is -1.10.